The summed E-state index contributed by atoms with van der Waals surface area (Å²) in [5.74, 6) is -0.984. The second kappa shape index (κ2) is 70.8. The number of esters is 3. The Hall–Kier alpha value is -3.67. The minimum Gasteiger partial charge on any atom is -0.462 e. The lowest BCUT2D eigenvalue weighted by Crippen LogP contribution is -2.30. The summed E-state index contributed by atoms with van der Waals surface area (Å²) < 4.78 is 16.9. The largest absolute Gasteiger partial charge is 0.462 e. The quantitative estimate of drug-likeness (QED) is 0.0261. The molecule has 0 aliphatic heterocycles. The number of allylic oxidation sites excluding steroid dienone is 16. The molecule has 0 N–H and O–H groups in total. The Morgan fingerprint density at radius 1 is 0.253 bits per heavy atom. The van der Waals surface area contributed by atoms with Gasteiger partial charge in [0.1, 0.15) is 13.2 Å². The molecule has 0 aromatic heterocycles. The summed E-state index contributed by atoms with van der Waals surface area (Å²) >= 11 is 0. The van der Waals surface area contributed by atoms with E-state index in [0.717, 1.165) is 89.9 Å². The van der Waals surface area contributed by atoms with E-state index < -0.39 is 6.10 Å². The first-order valence-electron chi connectivity index (χ1n) is 35.7. The van der Waals surface area contributed by atoms with Gasteiger partial charge in [-0.05, 0) is 103 Å². The first-order valence-corrected chi connectivity index (χ1v) is 35.7. The van der Waals surface area contributed by atoms with Crippen LogP contribution in [0.15, 0.2) is 97.2 Å². The molecular formula is C77H134O6. The first-order chi connectivity index (χ1) is 41.0. The van der Waals surface area contributed by atoms with Crippen molar-refractivity contribution in [2.45, 2.75) is 361 Å². The molecule has 0 rings (SSSR count). The van der Waals surface area contributed by atoms with E-state index in [1.165, 1.54) is 218 Å². The summed E-state index contributed by atoms with van der Waals surface area (Å²) in [7, 11) is 0. The van der Waals surface area contributed by atoms with Gasteiger partial charge in [-0.2, -0.15) is 0 Å². The van der Waals surface area contributed by atoms with Crippen LogP contribution < -0.4 is 0 Å². The smallest absolute Gasteiger partial charge is 0.306 e. The molecule has 0 aliphatic carbocycles. The van der Waals surface area contributed by atoms with Gasteiger partial charge in [0.2, 0.25) is 0 Å². The fraction of sp³-hybridized carbons (Fsp3) is 0.753. The predicted octanol–water partition coefficient (Wildman–Crippen LogP) is 24.8. The highest BCUT2D eigenvalue weighted by Gasteiger charge is 2.19. The minimum absolute atomic E-state index is 0.101. The van der Waals surface area contributed by atoms with Crippen LogP contribution in [-0.4, -0.2) is 37.2 Å². The van der Waals surface area contributed by atoms with Crippen LogP contribution in [0, 0.1) is 0 Å². The highest BCUT2D eigenvalue weighted by Crippen LogP contribution is 2.18. The van der Waals surface area contributed by atoms with Gasteiger partial charge in [0.05, 0.1) is 0 Å². The van der Waals surface area contributed by atoms with Crippen LogP contribution in [0.5, 0.6) is 0 Å². The third-order valence-corrected chi connectivity index (χ3v) is 15.6. The monoisotopic (exact) mass is 1160 g/mol. The topological polar surface area (TPSA) is 78.9 Å². The van der Waals surface area contributed by atoms with E-state index in [-0.39, 0.29) is 37.5 Å². The molecule has 0 aromatic rings. The third kappa shape index (κ3) is 69.0. The van der Waals surface area contributed by atoms with E-state index >= 15 is 0 Å². The first kappa shape index (κ1) is 79.3. The Kier molecular flexibility index (Phi) is 67.7. The number of carbonyl (C=O) groups is 3. The molecule has 0 radical (unpaired) electrons. The molecule has 478 valence electrons. The molecule has 0 aromatic carbocycles. The summed E-state index contributed by atoms with van der Waals surface area (Å²) in [6.45, 7) is 6.38. The van der Waals surface area contributed by atoms with E-state index in [1.54, 1.807) is 0 Å². The maximum absolute atomic E-state index is 12.9. The van der Waals surface area contributed by atoms with Crippen LogP contribution >= 0.6 is 0 Å². The van der Waals surface area contributed by atoms with Crippen molar-refractivity contribution in [3.8, 4) is 0 Å². The molecule has 0 spiro atoms. The molecule has 0 fully saturated rings. The van der Waals surface area contributed by atoms with Gasteiger partial charge in [-0.1, -0.05) is 330 Å². The zero-order valence-electron chi connectivity index (χ0n) is 54.9. The van der Waals surface area contributed by atoms with E-state index in [2.05, 4.69) is 112 Å². The summed E-state index contributed by atoms with van der Waals surface area (Å²) in [6.07, 6.45) is 96.3. The van der Waals surface area contributed by atoms with Crippen LogP contribution in [0.1, 0.15) is 355 Å². The van der Waals surface area contributed by atoms with E-state index in [9.17, 15) is 14.4 Å². The summed E-state index contributed by atoms with van der Waals surface area (Å²) in [5, 5.41) is 0. The van der Waals surface area contributed by atoms with Gasteiger partial charge in [0.25, 0.3) is 0 Å². The lowest BCUT2D eigenvalue weighted by atomic mass is 10.0. The zero-order valence-corrected chi connectivity index (χ0v) is 54.9. The molecule has 83 heavy (non-hydrogen) atoms. The average molecular weight is 1160 g/mol. The van der Waals surface area contributed by atoms with Crippen molar-refractivity contribution in [3.63, 3.8) is 0 Å². The van der Waals surface area contributed by atoms with Crippen LogP contribution in [0.2, 0.25) is 0 Å². The normalized spacial score (nSPS) is 12.7. The molecule has 0 heterocycles. The Bertz CT molecular complexity index is 1610. The van der Waals surface area contributed by atoms with Crippen LogP contribution in [0.4, 0.5) is 0 Å². The highest BCUT2D eigenvalue weighted by atomic mass is 16.6. The van der Waals surface area contributed by atoms with Gasteiger partial charge in [-0.3, -0.25) is 14.4 Å². The second-order valence-corrected chi connectivity index (χ2v) is 23.7. The lowest BCUT2D eigenvalue weighted by molar-refractivity contribution is -0.166. The number of rotatable bonds is 65. The maximum atomic E-state index is 12.9. The van der Waals surface area contributed by atoms with Crippen molar-refractivity contribution in [1.29, 1.82) is 0 Å². The van der Waals surface area contributed by atoms with Crippen LogP contribution in [-0.2, 0) is 28.6 Å². The van der Waals surface area contributed by atoms with E-state index in [4.69, 9.17) is 14.2 Å². The Labute approximate surface area is 515 Å². The molecular weight excluding hydrogens is 1020 g/mol. The van der Waals surface area contributed by atoms with Gasteiger partial charge in [0.15, 0.2) is 6.10 Å². The highest BCUT2D eigenvalue weighted by molar-refractivity contribution is 5.71. The standard InChI is InChI=1S/C77H134O6/c1-4-7-10-13-16-19-22-25-27-29-30-31-32-33-34-35-36-37-38-39-40-41-42-43-44-45-46-48-49-52-55-58-61-64-67-70-76(79)82-73-74(72-81-75(78)69-66-63-60-57-54-51-24-21-18-15-12-9-6-3)83-77(80)71-68-65-62-59-56-53-50-47-28-26-23-20-17-14-11-8-5-2/h8-9,11-12,17-18,20-21,26,28-30,51,54,60,63,74H,4-7,10,13-16,19,22-25,27,31-50,52-53,55-59,61-62,64-73H2,1-3H3/b11-8-,12-9-,20-17-,21-18-,28-26-,30-29-,54-51-,63-60-. The SMILES string of the molecule is CC/C=C\C/C=C\C/C=C\C/C=C\CCC(=O)OCC(COC(=O)CCCCCCCCCCCCCCCCCCCCCCCCC/C=C\CCCCCCCCCC)OC(=O)CCCCCCCCC/C=C\C/C=C\C/C=C\CC. The molecule has 0 saturated heterocycles. The van der Waals surface area contributed by atoms with E-state index in [1.807, 2.05) is 6.08 Å². The third-order valence-electron chi connectivity index (χ3n) is 15.6. The van der Waals surface area contributed by atoms with Gasteiger partial charge in [-0.15, -0.1) is 0 Å². The van der Waals surface area contributed by atoms with Gasteiger partial charge in [-0.25, -0.2) is 0 Å². The Morgan fingerprint density at radius 2 is 0.494 bits per heavy atom. The summed E-state index contributed by atoms with van der Waals surface area (Å²) in [5.41, 5.74) is 0. The number of ether oxygens (including phenoxy) is 3. The number of hydrogen-bond donors (Lipinski definition) is 0. The minimum atomic E-state index is -0.812. The second-order valence-electron chi connectivity index (χ2n) is 23.7. The van der Waals surface area contributed by atoms with Crippen LogP contribution in [0.3, 0.4) is 0 Å². The molecule has 6 heteroatoms. The lowest BCUT2D eigenvalue weighted by Gasteiger charge is -2.18. The fourth-order valence-corrected chi connectivity index (χ4v) is 10.3. The predicted molar refractivity (Wildman–Crippen MR) is 362 cm³/mol. The van der Waals surface area contributed by atoms with Crippen molar-refractivity contribution < 1.29 is 28.6 Å². The molecule has 1 atom stereocenters. The molecule has 6 nitrogen and oxygen atoms in total. The average Bonchev–Trinajstić information content (AvgIpc) is 3.49. The maximum Gasteiger partial charge on any atom is 0.306 e. The van der Waals surface area contributed by atoms with Gasteiger partial charge in [0, 0.05) is 19.3 Å². The molecule has 0 aliphatic rings. The zero-order chi connectivity index (χ0) is 59.9. The van der Waals surface area contributed by atoms with Crippen LogP contribution in [0.25, 0.3) is 0 Å². The van der Waals surface area contributed by atoms with Gasteiger partial charge < -0.3 is 14.2 Å². The fourth-order valence-electron chi connectivity index (χ4n) is 10.3. The van der Waals surface area contributed by atoms with Crippen molar-refractivity contribution in [2.24, 2.45) is 0 Å². The Morgan fingerprint density at radius 3 is 0.819 bits per heavy atom. The number of carbonyl (C=O) groups excluding carboxylic acids is 3. The van der Waals surface area contributed by atoms with E-state index in [0.29, 0.717) is 19.3 Å². The Balaban J connectivity index is 4.13. The number of unbranched alkanes of at least 4 members (excludes halogenated alkanes) is 38. The molecule has 0 saturated carbocycles. The summed E-state index contributed by atoms with van der Waals surface area (Å²) in [6, 6.07) is 0. The molecule has 0 bridgehead atoms. The number of hydrogen-bond acceptors (Lipinski definition) is 6. The van der Waals surface area contributed by atoms with Crippen molar-refractivity contribution >= 4 is 17.9 Å². The molecule has 0 amide bonds. The van der Waals surface area contributed by atoms with Crippen molar-refractivity contribution in [3.05, 3.63) is 97.2 Å². The van der Waals surface area contributed by atoms with Crippen molar-refractivity contribution in [1.82, 2.24) is 0 Å². The molecule has 1 unspecified atom stereocenters. The van der Waals surface area contributed by atoms with Crippen molar-refractivity contribution in [2.75, 3.05) is 13.2 Å². The summed E-state index contributed by atoms with van der Waals surface area (Å²) in [4.78, 5) is 38.3. The van der Waals surface area contributed by atoms with Gasteiger partial charge >= 0.3 is 17.9 Å².